The quantitative estimate of drug-likeness (QED) is 0.337. The van der Waals surface area contributed by atoms with Crippen LogP contribution >= 0.6 is 0 Å². The Kier molecular flexibility index (Phi) is 6.85. The first-order chi connectivity index (χ1) is 16.7. The number of rotatable bonds is 9. The Hall–Kier alpha value is -3.77. The molecule has 184 valence electrons. The fourth-order valence-electron chi connectivity index (χ4n) is 3.71. The van der Waals surface area contributed by atoms with Crippen molar-refractivity contribution >= 4 is 43.8 Å². The number of ether oxygens (including phenoxy) is 1. The van der Waals surface area contributed by atoms with Crippen molar-refractivity contribution < 1.29 is 22.7 Å². The van der Waals surface area contributed by atoms with Crippen molar-refractivity contribution in [1.82, 2.24) is 29.4 Å². The first-order valence-electron chi connectivity index (χ1n) is 11.0. The van der Waals surface area contributed by atoms with E-state index in [9.17, 15) is 18.0 Å². The molecule has 35 heavy (non-hydrogen) atoms. The van der Waals surface area contributed by atoms with Gasteiger partial charge in [0.15, 0.2) is 5.69 Å². The molecule has 1 amide bonds. The zero-order chi connectivity index (χ0) is 25.2. The average molecular weight is 499 g/mol. The Bertz CT molecular complexity index is 1510. The molecule has 0 spiro atoms. The fourth-order valence-corrected chi connectivity index (χ4v) is 4.63. The minimum absolute atomic E-state index is 0.0221. The first kappa shape index (κ1) is 24.4. The van der Waals surface area contributed by atoms with Crippen LogP contribution in [-0.2, 0) is 32.7 Å². The Labute approximate surface area is 202 Å². The van der Waals surface area contributed by atoms with Crippen molar-refractivity contribution in [3.8, 4) is 0 Å². The van der Waals surface area contributed by atoms with Gasteiger partial charge in [-0.25, -0.2) is 17.7 Å². The van der Waals surface area contributed by atoms with E-state index in [0.717, 1.165) is 15.3 Å². The molecule has 0 saturated carbocycles. The van der Waals surface area contributed by atoms with Crippen LogP contribution in [0.25, 0.3) is 21.9 Å². The molecule has 2 heterocycles. The van der Waals surface area contributed by atoms with Gasteiger partial charge in [-0.1, -0.05) is 18.2 Å². The molecule has 4 rings (SSSR count). The van der Waals surface area contributed by atoms with E-state index < -0.39 is 16.0 Å². The number of aromatic nitrogens is 4. The lowest BCUT2D eigenvalue weighted by Crippen LogP contribution is -2.27. The molecule has 0 aliphatic heterocycles. The van der Waals surface area contributed by atoms with Crippen molar-refractivity contribution in [3.05, 3.63) is 54.0 Å². The number of sulfonamides is 1. The van der Waals surface area contributed by atoms with Gasteiger partial charge < -0.3 is 14.6 Å². The van der Waals surface area contributed by atoms with Crippen LogP contribution < -0.4 is 5.32 Å². The number of hydrogen-bond acceptors (Lipinski definition) is 7. The highest BCUT2D eigenvalue weighted by molar-refractivity contribution is 7.89. The second-order valence-electron chi connectivity index (χ2n) is 7.99. The van der Waals surface area contributed by atoms with E-state index in [1.165, 1.54) is 26.2 Å². The molecule has 4 aromatic rings. The largest absolute Gasteiger partial charge is 0.457 e. The molecular formula is C23H26N6O5S. The number of hydrogen-bond donors (Lipinski definition) is 2. The van der Waals surface area contributed by atoms with E-state index in [2.05, 4.69) is 20.5 Å². The second-order valence-corrected chi connectivity index (χ2v) is 10.1. The number of para-hydroxylation sites is 1. The Balaban J connectivity index is 1.37. The van der Waals surface area contributed by atoms with Gasteiger partial charge in [-0.05, 0) is 31.2 Å². The molecule has 0 radical (unpaired) electrons. The summed E-state index contributed by atoms with van der Waals surface area (Å²) >= 11 is 0. The molecule has 0 bridgehead atoms. The molecule has 0 fully saturated rings. The molecule has 11 nitrogen and oxygen atoms in total. The topological polar surface area (TPSA) is 139 Å². The summed E-state index contributed by atoms with van der Waals surface area (Å²) in [4.78, 5) is 29.3. The molecule has 0 aliphatic rings. The number of carbonyl (C=O) groups excluding carboxylic acids is 2. The highest BCUT2D eigenvalue weighted by Crippen LogP contribution is 2.22. The third kappa shape index (κ3) is 4.88. The van der Waals surface area contributed by atoms with Gasteiger partial charge in [-0.3, -0.25) is 14.7 Å². The Morgan fingerprint density at radius 2 is 1.94 bits per heavy atom. The van der Waals surface area contributed by atoms with E-state index in [0.29, 0.717) is 23.3 Å². The van der Waals surface area contributed by atoms with Gasteiger partial charge in [0.25, 0.3) is 5.91 Å². The van der Waals surface area contributed by atoms with Gasteiger partial charge in [0.1, 0.15) is 12.4 Å². The molecule has 2 aromatic carbocycles. The lowest BCUT2D eigenvalue weighted by molar-refractivity contribution is -0.145. The predicted octanol–water partition coefficient (Wildman–Crippen LogP) is 2.05. The summed E-state index contributed by atoms with van der Waals surface area (Å²) in [5, 5.41) is 10.2. The molecular weight excluding hydrogens is 472 g/mol. The van der Waals surface area contributed by atoms with Crippen LogP contribution in [0.1, 0.15) is 29.7 Å². The van der Waals surface area contributed by atoms with Crippen LogP contribution in [0, 0.1) is 0 Å². The number of nitrogens with zero attached hydrogens (tertiary/aromatic N) is 4. The van der Waals surface area contributed by atoms with E-state index in [1.807, 2.05) is 29.7 Å². The summed E-state index contributed by atoms with van der Waals surface area (Å²) in [5.74, 6) is -0.378. The van der Waals surface area contributed by atoms with Crippen molar-refractivity contribution in [3.63, 3.8) is 0 Å². The number of esters is 1. The fraction of sp³-hybridized carbons (Fsp3) is 0.304. The minimum Gasteiger partial charge on any atom is -0.457 e. The van der Waals surface area contributed by atoms with Crippen LogP contribution in [0.5, 0.6) is 0 Å². The number of amides is 1. The van der Waals surface area contributed by atoms with Crippen molar-refractivity contribution in [2.45, 2.75) is 31.4 Å². The maximum Gasteiger partial charge on any atom is 0.308 e. The molecule has 0 saturated heterocycles. The van der Waals surface area contributed by atoms with Crippen LogP contribution in [0.15, 0.2) is 47.4 Å². The number of fused-ring (bicyclic) bond motifs is 2. The SMILES string of the molecule is CCn1c(COC(=O)CCNC(=O)c2n[nH]c3ccccc23)nc2cc(S(=O)(=O)N(C)C)ccc21. The Morgan fingerprint density at radius 3 is 2.69 bits per heavy atom. The Morgan fingerprint density at radius 1 is 1.17 bits per heavy atom. The number of aromatic amines is 1. The molecule has 2 aromatic heterocycles. The summed E-state index contributed by atoms with van der Waals surface area (Å²) in [7, 11) is -0.659. The van der Waals surface area contributed by atoms with Gasteiger partial charge in [0.2, 0.25) is 10.0 Å². The average Bonchev–Trinajstić information content (AvgIpc) is 3.43. The summed E-state index contributed by atoms with van der Waals surface area (Å²) in [6.07, 6.45) is -0.0221. The maximum absolute atomic E-state index is 12.4. The van der Waals surface area contributed by atoms with Crippen LogP contribution in [0.4, 0.5) is 0 Å². The standard InChI is InChI=1S/C23H26N6O5S/c1-4-29-19-10-9-15(35(32,33)28(2)3)13-18(19)25-20(29)14-34-21(30)11-12-24-23(31)22-16-7-5-6-8-17(16)26-27-22/h5-10,13H,4,11-12,14H2,1-3H3,(H,24,31)(H,26,27). The van der Waals surface area contributed by atoms with E-state index >= 15 is 0 Å². The minimum atomic E-state index is -3.59. The number of nitrogens with one attached hydrogen (secondary N) is 2. The highest BCUT2D eigenvalue weighted by atomic mass is 32.2. The van der Waals surface area contributed by atoms with Crippen LogP contribution in [0.3, 0.4) is 0 Å². The van der Waals surface area contributed by atoms with Crippen LogP contribution in [0.2, 0.25) is 0 Å². The van der Waals surface area contributed by atoms with E-state index in [4.69, 9.17) is 4.74 Å². The van der Waals surface area contributed by atoms with Gasteiger partial charge in [-0.2, -0.15) is 5.10 Å². The van der Waals surface area contributed by atoms with Crippen molar-refractivity contribution in [1.29, 1.82) is 0 Å². The number of imidazole rings is 1. The third-order valence-corrected chi connectivity index (χ3v) is 7.37. The van der Waals surface area contributed by atoms with Gasteiger partial charge in [-0.15, -0.1) is 0 Å². The number of carbonyl (C=O) groups is 2. The maximum atomic E-state index is 12.4. The molecule has 0 atom stereocenters. The predicted molar refractivity (Wildman–Crippen MR) is 129 cm³/mol. The molecule has 0 unspecified atom stereocenters. The molecule has 0 aliphatic carbocycles. The lowest BCUT2D eigenvalue weighted by Gasteiger charge is -2.11. The smallest absolute Gasteiger partial charge is 0.308 e. The van der Waals surface area contributed by atoms with Gasteiger partial charge >= 0.3 is 5.97 Å². The summed E-state index contributed by atoms with van der Waals surface area (Å²) < 4.78 is 33.2. The molecule has 12 heteroatoms. The monoisotopic (exact) mass is 498 g/mol. The summed E-state index contributed by atoms with van der Waals surface area (Å²) in [5.41, 5.74) is 2.26. The number of aryl methyl sites for hydroxylation is 1. The summed E-state index contributed by atoms with van der Waals surface area (Å²) in [6, 6.07) is 12.0. The zero-order valence-electron chi connectivity index (χ0n) is 19.6. The van der Waals surface area contributed by atoms with E-state index in [-0.39, 0.29) is 36.1 Å². The summed E-state index contributed by atoms with van der Waals surface area (Å²) in [6.45, 7) is 2.51. The second kappa shape index (κ2) is 9.84. The van der Waals surface area contributed by atoms with Crippen LogP contribution in [-0.4, -0.2) is 65.0 Å². The number of benzene rings is 2. The van der Waals surface area contributed by atoms with E-state index in [1.54, 1.807) is 12.1 Å². The van der Waals surface area contributed by atoms with Crippen molar-refractivity contribution in [2.75, 3.05) is 20.6 Å². The zero-order valence-corrected chi connectivity index (χ0v) is 20.4. The number of H-pyrrole nitrogens is 1. The highest BCUT2D eigenvalue weighted by Gasteiger charge is 2.20. The third-order valence-electron chi connectivity index (χ3n) is 5.56. The van der Waals surface area contributed by atoms with Gasteiger partial charge in [0.05, 0.1) is 27.9 Å². The lowest BCUT2D eigenvalue weighted by atomic mass is 10.2. The van der Waals surface area contributed by atoms with Gasteiger partial charge in [0, 0.05) is 32.6 Å². The normalized spacial score (nSPS) is 11.9. The molecule has 2 N–H and O–H groups in total. The first-order valence-corrected chi connectivity index (χ1v) is 12.4. The van der Waals surface area contributed by atoms with Crippen molar-refractivity contribution in [2.24, 2.45) is 0 Å².